The molecule has 0 aliphatic carbocycles. The zero-order chi connectivity index (χ0) is 11.5. The van der Waals surface area contributed by atoms with Crippen LogP contribution < -0.4 is 0 Å². The summed E-state index contributed by atoms with van der Waals surface area (Å²) in [6, 6.07) is 0. The second-order valence-corrected chi connectivity index (χ2v) is 4.50. The standard InChI is InChI=1S/C13H28O2/c1-3-5-7-9-12(11-14)13(15)10-8-6-4-2/h12-15H,3-11H2,1-2H3. The smallest absolute Gasteiger partial charge is 0.0590 e. The lowest BCUT2D eigenvalue weighted by Gasteiger charge is -2.20. The van der Waals surface area contributed by atoms with Crippen LogP contribution >= 0.6 is 0 Å². The van der Waals surface area contributed by atoms with Crippen LogP contribution in [-0.2, 0) is 0 Å². The molecule has 15 heavy (non-hydrogen) atoms. The highest BCUT2D eigenvalue weighted by molar-refractivity contribution is 4.68. The van der Waals surface area contributed by atoms with Gasteiger partial charge in [0, 0.05) is 12.5 Å². The lowest BCUT2D eigenvalue weighted by Crippen LogP contribution is -2.23. The van der Waals surface area contributed by atoms with E-state index in [2.05, 4.69) is 13.8 Å². The van der Waals surface area contributed by atoms with E-state index in [0.717, 1.165) is 25.7 Å². The summed E-state index contributed by atoms with van der Waals surface area (Å²) >= 11 is 0. The summed E-state index contributed by atoms with van der Waals surface area (Å²) in [6.07, 6.45) is 8.52. The first-order valence-corrected chi connectivity index (χ1v) is 6.55. The molecule has 0 aromatic carbocycles. The lowest BCUT2D eigenvalue weighted by atomic mass is 9.93. The van der Waals surface area contributed by atoms with Crippen molar-refractivity contribution in [3.63, 3.8) is 0 Å². The fraction of sp³-hybridized carbons (Fsp3) is 1.00. The van der Waals surface area contributed by atoms with E-state index in [1.54, 1.807) is 0 Å². The Morgan fingerprint density at radius 1 is 0.867 bits per heavy atom. The number of hydrogen-bond donors (Lipinski definition) is 2. The fourth-order valence-corrected chi connectivity index (χ4v) is 1.90. The third-order valence-corrected chi connectivity index (χ3v) is 3.06. The summed E-state index contributed by atoms with van der Waals surface area (Å²) < 4.78 is 0. The van der Waals surface area contributed by atoms with E-state index in [9.17, 15) is 10.2 Å². The molecule has 2 N–H and O–H groups in total. The maximum absolute atomic E-state index is 9.87. The first kappa shape index (κ1) is 14.9. The van der Waals surface area contributed by atoms with Gasteiger partial charge in [-0.1, -0.05) is 52.4 Å². The van der Waals surface area contributed by atoms with E-state index < -0.39 is 0 Å². The van der Waals surface area contributed by atoms with Gasteiger partial charge < -0.3 is 10.2 Å². The van der Waals surface area contributed by atoms with Crippen LogP contribution in [0.25, 0.3) is 0 Å². The molecule has 0 radical (unpaired) electrons. The highest BCUT2D eigenvalue weighted by Gasteiger charge is 2.17. The molecule has 0 aliphatic heterocycles. The normalized spacial score (nSPS) is 15.2. The first-order valence-electron chi connectivity index (χ1n) is 6.55. The Morgan fingerprint density at radius 3 is 1.87 bits per heavy atom. The average molecular weight is 216 g/mol. The highest BCUT2D eigenvalue weighted by Crippen LogP contribution is 2.18. The van der Waals surface area contributed by atoms with Crippen LogP contribution in [-0.4, -0.2) is 22.9 Å². The Balaban J connectivity index is 3.62. The van der Waals surface area contributed by atoms with Crippen molar-refractivity contribution in [1.29, 1.82) is 0 Å². The Morgan fingerprint density at radius 2 is 1.40 bits per heavy atom. The minimum Gasteiger partial charge on any atom is -0.396 e. The van der Waals surface area contributed by atoms with Gasteiger partial charge in [-0.15, -0.1) is 0 Å². The minimum atomic E-state index is -0.293. The monoisotopic (exact) mass is 216 g/mol. The van der Waals surface area contributed by atoms with Gasteiger partial charge >= 0.3 is 0 Å². The molecule has 0 saturated heterocycles. The van der Waals surface area contributed by atoms with Crippen LogP contribution in [0.2, 0.25) is 0 Å². The van der Waals surface area contributed by atoms with Crippen LogP contribution in [0.1, 0.15) is 65.2 Å². The predicted octanol–water partition coefficient (Wildman–Crippen LogP) is 3.12. The zero-order valence-corrected chi connectivity index (χ0v) is 10.4. The van der Waals surface area contributed by atoms with Gasteiger partial charge in [0.2, 0.25) is 0 Å². The molecule has 92 valence electrons. The molecule has 0 saturated carbocycles. The summed E-state index contributed by atoms with van der Waals surface area (Å²) in [5.41, 5.74) is 0. The van der Waals surface area contributed by atoms with Crippen LogP contribution in [0.3, 0.4) is 0 Å². The van der Waals surface area contributed by atoms with Gasteiger partial charge in [-0.3, -0.25) is 0 Å². The Bertz CT molecular complexity index is 126. The number of aliphatic hydroxyl groups is 2. The number of unbranched alkanes of at least 4 members (excludes halogenated alkanes) is 4. The third-order valence-electron chi connectivity index (χ3n) is 3.06. The van der Waals surface area contributed by atoms with Crippen molar-refractivity contribution in [2.24, 2.45) is 5.92 Å². The zero-order valence-electron chi connectivity index (χ0n) is 10.4. The van der Waals surface area contributed by atoms with Crippen LogP contribution in [0, 0.1) is 5.92 Å². The van der Waals surface area contributed by atoms with Gasteiger partial charge in [-0.2, -0.15) is 0 Å². The molecule has 2 heteroatoms. The molecule has 0 rings (SSSR count). The molecular formula is C13H28O2. The van der Waals surface area contributed by atoms with E-state index in [-0.39, 0.29) is 18.6 Å². The summed E-state index contributed by atoms with van der Waals surface area (Å²) in [7, 11) is 0. The molecule has 0 aromatic rings. The second-order valence-electron chi connectivity index (χ2n) is 4.50. The van der Waals surface area contributed by atoms with E-state index in [1.165, 1.54) is 25.7 Å². The van der Waals surface area contributed by atoms with E-state index in [0.29, 0.717) is 0 Å². The SMILES string of the molecule is CCCCCC(O)C(CO)CCCCC. The van der Waals surface area contributed by atoms with E-state index in [1.807, 2.05) is 0 Å². The van der Waals surface area contributed by atoms with E-state index >= 15 is 0 Å². The van der Waals surface area contributed by atoms with Crippen molar-refractivity contribution in [1.82, 2.24) is 0 Å². The molecule has 0 fully saturated rings. The minimum absolute atomic E-state index is 0.105. The molecule has 0 spiro atoms. The molecular weight excluding hydrogens is 188 g/mol. The van der Waals surface area contributed by atoms with Crippen molar-refractivity contribution < 1.29 is 10.2 Å². The quantitative estimate of drug-likeness (QED) is 0.551. The summed E-state index contributed by atoms with van der Waals surface area (Å²) in [6.45, 7) is 4.47. The second kappa shape index (κ2) is 10.4. The molecule has 2 unspecified atom stereocenters. The van der Waals surface area contributed by atoms with Gasteiger partial charge in [-0.05, 0) is 12.8 Å². The molecule has 0 amide bonds. The lowest BCUT2D eigenvalue weighted by molar-refractivity contribution is 0.0530. The molecule has 0 bridgehead atoms. The summed E-state index contributed by atoms with van der Waals surface area (Å²) in [5.74, 6) is 0.105. The van der Waals surface area contributed by atoms with Crippen molar-refractivity contribution in [3.8, 4) is 0 Å². The maximum Gasteiger partial charge on any atom is 0.0590 e. The average Bonchev–Trinajstić information content (AvgIpc) is 2.24. The van der Waals surface area contributed by atoms with Gasteiger partial charge in [0.05, 0.1) is 6.10 Å². The highest BCUT2D eigenvalue weighted by atomic mass is 16.3. The topological polar surface area (TPSA) is 40.5 Å². The first-order chi connectivity index (χ1) is 7.26. The van der Waals surface area contributed by atoms with Crippen molar-refractivity contribution in [3.05, 3.63) is 0 Å². The van der Waals surface area contributed by atoms with Gasteiger partial charge in [0.1, 0.15) is 0 Å². The number of rotatable bonds is 10. The van der Waals surface area contributed by atoms with Crippen molar-refractivity contribution in [2.45, 2.75) is 71.3 Å². The Kier molecular flexibility index (Phi) is 10.4. The molecule has 2 atom stereocenters. The predicted molar refractivity (Wildman–Crippen MR) is 64.9 cm³/mol. The van der Waals surface area contributed by atoms with E-state index in [4.69, 9.17) is 0 Å². The Hall–Kier alpha value is -0.0800. The third kappa shape index (κ3) is 7.80. The van der Waals surface area contributed by atoms with Crippen LogP contribution in [0.4, 0.5) is 0 Å². The number of aliphatic hydroxyl groups excluding tert-OH is 2. The number of hydrogen-bond acceptors (Lipinski definition) is 2. The van der Waals surface area contributed by atoms with Crippen LogP contribution in [0.5, 0.6) is 0 Å². The largest absolute Gasteiger partial charge is 0.396 e. The van der Waals surface area contributed by atoms with Crippen molar-refractivity contribution >= 4 is 0 Å². The molecule has 0 heterocycles. The summed E-state index contributed by atoms with van der Waals surface area (Å²) in [4.78, 5) is 0. The van der Waals surface area contributed by atoms with Gasteiger partial charge in [0.25, 0.3) is 0 Å². The van der Waals surface area contributed by atoms with Gasteiger partial charge in [0.15, 0.2) is 0 Å². The van der Waals surface area contributed by atoms with Crippen molar-refractivity contribution in [2.75, 3.05) is 6.61 Å². The fourth-order valence-electron chi connectivity index (χ4n) is 1.90. The Labute approximate surface area is 94.7 Å². The maximum atomic E-state index is 9.87. The molecule has 0 aromatic heterocycles. The summed E-state index contributed by atoms with van der Waals surface area (Å²) in [5, 5.41) is 19.1. The van der Waals surface area contributed by atoms with Gasteiger partial charge in [-0.25, -0.2) is 0 Å². The van der Waals surface area contributed by atoms with Crippen LogP contribution in [0.15, 0.2) is 0 Å². The molecule has 2 nitrogen and oxygen atoms in total. The molecule has 0 aliphatic rings.